The van der Waals surface area contributed by atoms with Gasteiger partial charge in [-0.3, -0.25) is 5.43 Å². The summed E-state index contributed by atoms with van der Waals surface area (Å²) in [4.78, 5) is 4.62. The van der Waals surface area contributed by atoms with Crippen molar-refractivity contribution in [2.75, 3.05) is 26.6 Å². The largest absolute Gasteiger partial charge is 0.494 e. The van der Waals surface area contributed by atoms with Crippen molar-refractivity contribution < 1.29 is 9.47 Å². The average molecular weight is 372 g/mol. The van der Waals surface area contributed by atoms with Gasteiger partial charge in [-0.25, -0.2) is 4.99 Å². The lowest BCUT2D eigenvalue weighted by Gasteiger charge is -2.16. The van der Waals surface area contributed by atoms with E-state index in [0.29, 0.717) is 6.61 Å². The van der Waals surface area contributed by atoms with Crippen LogP contribution in [0.15, 0.2) is 40.4 Å². The highest BCUT2D eigenvalue weighted by molar-refractivity contribution is 8.14. The molecule has 0 amide bonds. The molecule has 0 spiro atoms. The molecule has 2 aromatic rings. The SMILES string of the molecule is COCCn1c(C)cc(C2=NNC(=Nc3ccccc3OC)SC2)c1C. The summed E-state index contributed by atoms with van der Waals surface area (Å²) in [5.74, 6) is 1.52. The normalized spacial score (nSPS) is 15.7. The molecule has 0 bridgehead atoms. The Balaban J connectivity index is 1.79. The first-order valence-corrected chi connectivity index (χ1v) is 9.45. The number of hydrogen-bond donors (Lipinski definition) is 1. The van der Waals surface area contributed by atoms with E-state index < -0.39 is 0 Å². The minimum absolute atomic E-state index is 0.699. The van der Waals surface area contributed by atoms with Crippen LogP contribution in [0.2, 0.25) is 0 Å². The van der Waals surface area contributed by atoms with Gasteiger partial charge in [0.05, 0.1) is 19.4 Å². The van der Waals surface area contributed by atoms with E-state index in [4.69, 9.17) is 9.47 Å². The molecular weight excluding hydrogens is 348 g/mol. The van der Waals surface area contributed by atoms with Crippen LogP contribution >= 0.6 is 11.8 Å². The fourth-order valence-corrected chi connectivity index (χ4v) is 3.73. The summed E-state index contributed by atoms with van der Waals surface area (Å²) >= 11 is 1.64. The quantitative estimate of drug-likeness (QED) is 0.843. The Morgan fingerprint density at radius 2 is 2.08 bits per heavy atom. The molecule has 3 rings (SSSR count). The molecule has 1 N–H and O–H groups in total. The standard InChI is InChI=1S/C19H24N4O2S/c1-13-11-15(14(2)23(13)9-10-24-3)17-12-26-19(22-21-17)20-16-7-5-6-8-18(16)25-4/h5-8,11H,9-10,12H2,1-4H3,(H,20,22). The molecule has 0 atom stereocenters. The Hall–Kier alpha value is -2.25. The summed E-state index contributed by atoms with van der Waals surface area (Å²) in [6.07, 6.45) is 0. The summed E-state index contributed by atoms with van der Waals surface area (Å²) < 4.78 is 12.8. The molecule has 138 valence electrons. The molecule has 0 fully saturated rings. The van der Waals surface area contributed by atoms with Crippen molar-refractivity contribution in [2.45, 2.75) is 20.4 Å². The topological polar surface area (TPSA) is 60.1 Å². The van der Waals surface area contributed by atoms with E-state index in [1.54, 1.807) is 26.0 Å². The lowest BCUT2D eigenvalue weighted by atomic mass is 10.1. The van der Waals surface area contributed by atoms with Gasteiger partial charge in [-0.2, -0.15) is 5.10 Å². The Morgan fingerprint density at radius 3 is 2.77 bits per heavy atom. The van der Waals surface area contributed by atoms with Crippen LogP contribution in [0.25, 0.3) is 0 Å². The van der Waals surface area contributed by atoms with E-state index in [-0.39, 0.29) is 0 Å². The fourth-order valence-electron chi connectivity index (χ4n) is 2.96. The number of methoxy groups -OCH3 is 2. The van der Waals surface area contributed by atoms with Gasteiger partial charge in [-0.15, -0.1) is 0 Å². The first-order valence-electron chi connectivity index (χ1n) is 8.47. The highest BCUT2D eigenvalue weighted by atomic mass is 32.2. The number of ether oxygens (including phenoxy) is 2. The molecule has 1 aromatic heterocycles. The van der Waals surface area contributed by atoms with E-state index >= 15 is 0 Å². The Labute approximate surface area is 158 Å². The maximum atomic E-state index is 5.35. The van der Waals surface area contributed by atoms with Crippen molar-refractivity contribution in [1.29, 1.82) is 0 Å². The second-order valence-corrected chi connectivity index (χ2v) is 6.94. The van der Waals surface area contributed by atoms with Crippen LogP contribution in [0.4, 0.5) is 5.69 Å². The van der Waals surface area contributed by atoms with Crippen molar-refractivity contribution >= 4 is 28.3 Å². The van der Waals surface area contributed by atoms with Gasteiger partial charge in [0, 0.05) is 36.4 Å². The molecular formula is C19H24N4O2S. The lowest BCUT2D eigenvalue weighted by Crippen LogP contribution is -2.25. The first-order chi connectivity index (χ1) is 12.6. The second kappa shape index (κ2) is 8.42. The maximum absolute atomic E-state index is 5.35. The molecule has 0 saturated carbocycles. The summed E-state index contributed by atoms with van der Waals surface area (Å²) in [7, 11) is 3.37. The summed E-state index contributed by atoms with van der Waals surface area (Å²) in [6.45, 7) is 5.79. The molecule has 1 aliphatic rings. The molecule has 0 radical (unpaired) electrons. The van der Waals surface area contributed by atoms with Crippen molar-refractivity contribution in [3.8, 4) is 5.75 Å². The number of aryl methyl sites for hydroxylation is 1. The molecule has 2 heterocycles. The number of aliphatic imine (C=N–C) groups is 1. The number of nitrogens with one attached hydrogen (secondary N) is 1. The van der Waals surface area contributed by atoms with E-state index in [1.807, 2.05) is 24.3 Å². The molecule has 1 aliphatic heterocycles. The highest BCUT2D eigenvalue weighted by Gasteiger charge is 2.18. The van der Waals surface area contributed by atoms with Gasteiger partial charge < -0.3 is 14.0 Å². The predicted molar refractivity (Wildman–Crippen MR) is 108 cm³/mol. The van der Waals surface area contributed by atoms with Crippen molar-refractivity contribution in [1.82, 2.24) is 9.99 Å². The molecule has 6 nitrogen and oxygen atoms in total. The van der Waals surface area contributed by atoms with Crippen LogP contribution in [-0.4, -0.2) is 42.0 Å². The van der Waals surface area contributed by atoms with Gasteiger partial charge in [0.25, 0.3) is 0 Å². The third kappa shape index (κ3) is 3.94. The molecule has 0 aliphatic carbocycles. The molecule has 7 heteroatoms. The highest BCUT2D eigenvalue weighted by Crippen LogP contribution is 2.28. The zero-order chi connectivity index (χ0) is 18.5. The van der Waals surface area contributed by atoms with Crippen LogP contribution in [0.5, 0.6) is 5.75 Å². The second-order valence-electron chi connectivity index (χ2n) is 5.98. The number of benzene rings is 1. The average Bonchev–Trinajstić information content (AvgIpc) is 2.95. The van der Waals surface area contributed by atoms with E-state index in [9.17, 15) is 0 Å². The minimum atomic E-state index is 0.699. The summed E-state index contributed by atoms with van der Waals surface area (Å²) in [5.41, 5.74) is 8.51. The van der Waals surface area contributed by atoms with E-state index in [1.165, 1.54) is 17.0 Å². The van der Waals surface area contributed by atoms with Gasteiger partial charge in [0.2, 0.25) is 0 Å². The number of nitrogens with zero attached hydrogens (tertiary/aromatic N) is 3. The van der Waals surface area contributed by atoms with Crippen LogP contribution in [0, 0.1) is 13.8 Å². The van der Waals surface area contributed by atoms with Gasteiger partial charge in [0.1, 0.15) is 11.4 Å². The molecule has 1 aromatic carbocycles. The van der Waals surface area contributed by atoms with Gasteiger partial charge in [-0.1, -0.05) is 23.9 Å². The smallest absolute Gasteiger partial charge is 0.182 e. The molecule has 0 unspecified atom stereocenters. The maximum Gasteiger partial charge on any atom is 0.182 e. The zero-order valence-electron chi connectivity index (χ0n) is 15.6. The number of hydrazone groups is 1. The van der Waals surface area contributed by atoms with Crippen LogP contribution in [-0.2, 0) is 11.3 Å². The van der Waals surface area contributed by atoms with Gasteiger partial charge in [0.15, 0.2) is 5.17 Å². The van der Waals surface area contributed by atoms with Gasteiger partial charge in [-0.05, 0) is 32.0 Å². The number of hydrogen-bond acceptors (Lipinski definition) is 5. The summed E-state index contributed by atoms with van der Waals surface area (Å²) in [6, 6.07) is 9.89. The number of para-hydroxylation sites is 2. The number of amidine groups is 1. The zero-order valence-corrected chi connectivity index (χ0v) is 16.4. The van der Waals surface area contributed by atoms with Gasteiger partial charge >= 0.3 is 0 Å². The first kappa shape index (κ1) is 18.5. The monoisotopic (exact) mass is 372 g/mol. The Bertz CT molecular complexity index is 842. The van der Waals surface area contributed by atoms with E-state index in [0.717, 1.165) is 34.6 Å². The number of rotatable bonds is 6. The fraction of sp³-hybridized carbons (Fsp3) is 0.368. The van der Waals surface area contributed by atoms with Crippen molar-refractivity contribution in [3.05, 3.63) is 47.3 Å². The van der Waals surface area contributed by atoms with Crippen LogP contribution in [0.3, 0.4) is 0 Å². The van der Waals surface area contributed by atoms with Crippen LogP contribution < -0.4 is 10.2 Å². The third-order valence-corrected chi connectivity index (χ3v) is 5.22. The third-order valence-electron chi connectivity index (χ3n) is 4.34. The predicted octanol–water partition coefficient (Wildman–Crippen LogP) is 3.49. The Kier molecular flexibility index (Phi) is 6.00. The lowest BCUT2D eigenvalue weighted by molar-refractivity contribution is 0.186. The van der Waals surface area contributed by atoms with E-state index in [2.05, 4.69) is 40.0 Å². The van der Waals surface area contributed by atoms with Crippen LogP contribution in [0.1, 0.15) is 17.0 Å². The van der Waals surface area contributed by atoms with Crippen molar-refractivity contribution in [3.63, 3.8) is 0 Å². The number of aromatic nitrogens is 1. The molecule has 0 saturated heterocycles. The Morgan fingerprint density at radius 1 is 1.27 bits per heavy atom. The summed E-state index contributed by atoms with van der Waals surface area (Å²) in [5, 5.41) is 5.33. The number of thioether (sulfide) groups is 1. The van der Waals surface area contributed by atoms with Crippen molar-refractivity contribution in [2.24, 2.45) is 10.1 Å². The molecule has 26 heavy (non-hydrogen) atoms. The minimum Gasteiger partial charge on any atom is -0.494 e.